The van der Waals surface area contributed by atoms with Crippen LogP contribution in [0.15, 0.2) is 48.5 Å². The number of nitrogens with zero attached hydrogens (tertiary/aromatic N) is 1. The van der Waals surface area contributed by atoms with E-state index in [1.165, 1.54) is 17.7 Å². The zero-order valence-corrected chi connectivity index (χ0v) is 13.1. The minimum atomic E-state index is -0.401. The van der Waals surface area contributed by atoms with Gasteiger partial charge in [-0.25, -0.2) is 0 Å². The third kappa shape index (κ3) is 5.60. The summed E-state index contributed by atoms with van der Waals surface area (Å²) in [6.07, 6.45) is 0. The van der Waals surface area contributed by atoms with E-state index in [1.54, 1.807) is 12.1 Å². The highest BCUT2D eigenvalue weighted by Gasteiger charge is 2.03. The zero-order valence-electron chi connectivity index (χ0n) is 13.1. The second-order valence-corrected chi connectivity index (χ2v) is 4.99. The fourth-order valence-electron chi connectivity index (χ4n) is 2.14. The Bertz CT molecular complexity index is 629. The van der Waals surface area contributed by atoms with Crippen LogP contribution in [0.25, 0.3) is 0 Å². The highest BCUT2D eigenvalue weighted by Crippen LogP contribution is 2.15. The summed E-state index contributed by atoms with van der Waals surface area (Å²) >= 11 is 0. The zero-order chi connectivity index (χ0) is 16.5. The van der Waals surface area contributed by atoms with Crippen molar-refractivity contribution in [3.05, 3.63) is 64.2 Å². The Morgan fingerprint density at radius 3 is 2.61 bits per heavy atom. The molecule has 0 aliphatic rings. The van der Waals surface area contributed by atoms with Crippen molar-refractivity contribution < 1.29 is 9.66 Å². The van der Waals surface area contributed by atoms with E-state index >= 15 is 0 Å². The molecular weight excluding hydrogens is 294 g/mol. The fraction of sp³-hybridized carbons (Fsp3) is 0.294. The molecule has 2 aromatic carbocycles. The predicted molar refractivity (Wildman–Crippen MR) is 90.9 cm³/mol. The van der Waals surface area contributed by atoms with E-state index in [0.717, 1.165) is 31.1 Å². The number of non-ortho nitro benzene ring substituents is 1. The summed E-state index contributed by atoms with van der Waals surface area (Å²) in [5.74, 6) is 0.885. The molecule has 0 spiro atoms. The summed E-state index contributed by atoms with van der Waals surface area (Å²) in [5, 5.41) is 17.1. The molecule has 0 fully saturated rings. The molecule has 0 saturated heterocycles. The Morgan fingerprint density at radius 1 is 1.13 bits per heavy atom. The van der Waals surface area contributed by atoms with Crippen LogP contribution in [0.2, 0.25) is 0 Å². The summed E-state index contributed by atoms with van der Waals surface area (Å²) in [7, 11) is 0. The van der Waals surface area contributed by atoms with Crippen molar-refractivity contribution in [3.8, 4) is 5.75 Å². The maximum Gasteiger partial charge on any atom is 0.269 e. The summed E-state index contributed by atoms with van der Waals surface area (Å²) in [4.78, 5) is 10.2. The minimum absolute atomic E-state index is 0.0999. The molecule has 0 saturated carbocycles. The van der Waals surface area contributed by atoms with Crippen LogP contribution in [0.1, 0.15) is 12.5 Å². The number of nitrogens with one attached hydrogen (secondary N) is 2. The van der Waals surface area contributed by atoms with Gasteiger partial charge in [0.25, 0.3) is 5.69 Å². The van der Waals surface area contributed by atoms with E-state index in [2.05, 4.69) is 16.7 Å². The molecule has 0 amide bonds. The Balaban J connectivity index is 1.69. The van der Waals surface area contributed by atoms with Crippen LogP contribution >= 0.6 is 0 Å². The number of ether oxygens (including phenoxy) is 1. The van der Waals surface area contributed by atoms with Crippen LogP contribution in [0, 0.1) is 10.1 Å². The average molecular weight is 315 g/mol. The van der Waals surface area contributed by atoms with Gasteiger partial charge >= 0.3 is 0 Å². The molecule has 122 valence electrons. The molecule has 0 unspecified atom stereocenters. The molecule has 0 aliphatic carbocycles. The monoisotopic (exact) mass is 315 g/mol. The van der Waals surface area contributed by atoms with Gasteiger partial charge in [0.05, 0.1) is 11.5 Å². The van der Waals surface area contributed by atoms with Gasteiger partial charge in [0.15, 0.2) is 0 Å². The molecule has 6 heteroatoms. The van der Waals surface area contributed by atoms with Crippen molar-refractivity contribution in [2.24, 2.45) is 0 Å². The first-order valence-corrected chi connectivity index (χ1v) is 7.60. The Labute approximate surface area is 135 Å². The molecule has 2 rings (SSSR count). The van der Waals surface area contributed by atoms with Crippen molar-refractivity contribution in [2.45, 2.75) is 13.5 Å². The van der Waals surface area contributed by atoms with Gasteiger partial charge in [0, 0.05) is 37.5 Å². The minimum Gasteiger partial charge on any atom is -0.494 e. The largest absolute Gasteiger partial charge is 0.494 e. The number of rotatable bonds is 9. The van der Waals surface area contributed by atoms with Crippen molar-refractivity contribution in [3.63, 3.8) is 0 Å². The molecule has 0 radical (unpaired) electrons. The van der Waals surface area contributed by atoms with Gasteiger partial charge in [-0.15, -0.1) is 0 Å². The SMILES string of the molecule is CCOc1cccc(CNCCNc2ccc([N+](=O)[O-])cc2)c1. The van der Waals surface area contributed by atoms with E-state index in [1.807, 2.05) is 25.1 Å². The second kappa shape index (κ2) is 8.75. The molecule has 0 bridgehead atoms. The molecule has 6 nitrogen and oxygen atoms in total. The molecule has 2 aromatic rings. The van der Waals surface area contributed by atoms with Crippen LogP contribution in [-0.4, -0.2) is 24.6 Å². The van der Waals surface area contributed by atoms with Crippen LogP contribution in [0.3, 0.4) is 0 Å². The number of nitro groups is 1. The summed E-state index contributed by atoms with van der Waals surface area (Å²) in [6, 6.07) is 14.4. The smallest absolute Gasteiger partial charge is 0.269 e. The van der Waals surface area contributed by atoms with Crippen molar-refractivity contribution in [1.82, 2.24) is 5.32 Å². The van der Waals surface area contributed by atoms with Gasteiger partial charge in [-0.05, 0) is 36.8 Å². The average Bonchev–Trinajstić information content (AvgIpc) is 2.56. The first-order valence-electron chi connectivity index (χ1n) is 7.60. The fourth-order valence-corrected chi connectivity index (χ4v) is 2.14. The molecule has 0 aliphatic heterocycles. The van der Waals surface area contributed by atoms with E-state index in [4.69, 9.17) is 4.74 Å². The molecule has 23 heavy (non-hydrogen) atoms. The molecule has 0 aromatic heterocycles. The van der Waals surface area contributed by atoms with E-state index in [0.29, 0.717) is 6.61 Å². The van der Waals surface area contributed by atoms with E-state index in [-0.39, 0.29) is 5.69 Å². The molecular formula is C17H21N3O3. The lowest BCUT2D eigenvalue weighted by Crippen LogP contribution is -2.21. The first-order chi connectivity index (χ1) is 11.2. The summed E-state index contributed by atoms with van der Waals surface area (Å²) in [6.45, 7) is 4.92. The molecule has 2 N–H and O–H groups in total. The van der Waals surface area contributed by atoms with Crippen LogP contribution in [-0.2, 0) is 6.54 Å². The highest BCUT2D eigenvalue weighted by molar-refractivity contribution is 5.48. The number of hydrogen-bond acceptors (Lipinski definition) is 5. The third-order valence-corrected chi connectivity index (χ3v) is 3.25. The van der Waals surface area contributed by atoms with Gasteiger partial charge in [-0.1, -0.05) is 12.1 Å². The van der Waals surface area contributed by atoms with Crippen LogP contribution < -0.4 is 15.4 Å². The second-order valence-electron chi connectivity index (χ2n) is 4.99. The van der Waals surface area contributed by atoms with Crippen LogP contribution in [0.5, 0.6) is 5.75 Å². The summed E-state index contributed by atoms with van der Waals surface area (Å²) in [5.41, 5.74) is 2.14. The lowest BCUT2D eigenvalue weighted by Gasteiger charge is -2.09. The number of benzene rings is 2. The maximum atomic E-state index is 10.6. The Hall–Kier alpha value is -2.60. The molecule has 0 heterocycles. The van der Waals surface area contributed by atoms with E-state index in [9.17, 15) is 10.1 Å². The summed E-state index contributed by atoms with van der Waals surface area (Å²) < 4.78 is 5.47. The van der Waals surface area contributed by atoms with Gasteiger partial charge in [0.1, 0.15) is 5.75 Å². The van der Waals surface area contributed by atoms with Crippen molar-refractivity contribution in [1.29, 1.82) is 0 Å². The van der Waals surface area contributed by atoms with Crippen molar-refractivity contribution >= 4 is 11.4 Å². The number of anilines is 1. The van der Waals surface area contributed by atoms with Gasteiger partial charge in [-0.3, -0.25) is 10.1 Å². The van der Waals surface area contributed by atoms with Gasteiger partial charge in [0.2, 0.25) is 0 Å². The number of hydrogen-bond donors (Lipinski definition) is 2. The lowest BCUT2D eigenvalue weighted by molar-refractivity contribution is -0.384. The topological polar surface area (TPSA) is 76.4 Å². The third-order valence-electron chi connectivity index (χ3n) is 3.25. The van der Waals surface area contributed by atoms with Gasteiger partial charge < -0.3 is 15.4 Å². The predicted octanol–water partition coefficient (Wildman–Crippen LogP) is 3.20. The molecule has 0 atom stereocenters. The maximum absolute atomic E-state index is 10.6. The first kappa shape index (κ1) is 16.8. The standard InChI is InChI=1S/C17H21N3O3/c1-2-23-17-5-3-4-14(12-17)13-18-10-11-19-15-6-8-16(9-7-15)20(21)22/h3-9,12,18-19H,2,10-11,13H2,1H3. The lowest BCUT2D eigenvalue weighted by atomic mass is 10.2. The number of nitro benzene ring substituents is 1. The van der Waals surface area contributed by atoms with Crippen LogP contribution in [0.4, 0.5) is 11.4 Å². The van der Waals surface area contributed by atoms with Gasteiger partial charge in [-0.2, -0.15) is 0 Å². The Kier molecular flexibility index (Phi) is 6.38. The highest BCUT2D eigenvalue weighted by atomic mass is 16.6. The van der Waals surface area contributed by atoms with E-state index < -0.39 is 4.92 Å². The normalized spacial score (nSPS) is 10.3. The Morgan fingerprint density at radius 2 is 1.91 bits per heavy atom. The quantitative estimate of drug-likeness (QED) is 0.422. The van der Waals surface area contributed by atoms with Crippen molar-refractivity contribution in [2.75, 3.05) is 25.0 Å².